The number of carbonyl (C=O) groups is 3. The lowest BCUT2D eigenvalue weighted by molar-refractivity contribution is -0.129. The van der Waals surface area contributed by atoms with E-state index in [-0.39, 0.29) is 43.3 Å². The number of H-pyrrole nitrogens is 1. The molecule has 3 heterocycles. The zero-order valence-corrected chi connectivity index (χ0v) is 21.3. The molecule has 1 aromatic carbocycles. The van der Waals surface area contributed by atoms with Crippen molar-refractivity contribution in [3.63, 3.8) is 0 Å². The zero-order chi connectivity index (χ0) is 28.7. The lowest BCUT2D eigenvalue weighted by Gasteiger charge is -2.39. The van der Waals surface area contributed by atoms with Gasteiger partial charge in [0.05, 0.1) is 18.5 Å². The van der Waals surface area contributed by atoms with Gasteiger partial charge < -0.3 is 24.9 Å². The molecule has 10 nitrogen and oxygen atoms in total. The second-order valence-electron chi connectivity index (χ2n) is 10.0. The number of imidazole rings is 1. The highest BCUT2D eigenvalue weighted by atomic mass is 19.4. The Hall–Kier alpha value is -4.23. The number of hydrogen-bond donors (Lipinski definition) is 2. The summed E-state index contributed by atoms with van der Waals surface area (Å²) < 4.78 is 60.1. The fourth-order valence-corrected chi connectivity index (χ4v) is 4.23. The number of amides is 3. The molecule has 0 bridgehead atoms. The number of rotatable bonds is 4. The Labute approximate surface area is 220 Å². The van der Waals surface area contributed by atoms with Crippen LogP contribution in [0.4, 0.5) is 22.4 Å². The molecule has 0 saturated carbocycles. The summed E-state index contributed by atoms with van der Waals surface area (Å²) in [5, 5.41) is 8.01. The van der Waals surface area contributed by atoms with Crippen LogP contribution in [0.15, 0.2) is 36.5 Å². The third-order valence-corrected chi connectivity index (χ3v) is 6.07. The maximum absolute atomic E-state index is 13.9. The molecule has 0 spiro atoms. The van der Waals surface area contributed by atoms with Gasteiger partial charge in [-0.2, -0.15) is 13.2 Å². The Morgan fingerprint density at radius 1 is 1.15 bits per heavy atom. The zero-order valence-electron chi connectivity index (χ0n) is 21.3. The number of ether oxygens (including phenoxy) is 1. The molecular formula is C25H26F4N6O4. The first kappa shape index (κ1) is 27.8. The first-order valence-electron chi connectivity index (χ1n) is 11.9. The van der Waals surface area contributed by atoms with E-state index in [4.69, 9.17) is 10.1 Å². The van der Waals surface area contributed by atoms with Crippen LogP contribution in [0, 0.1) is 11.2 Å². The number of benzene rings is 1. The Balaban J connectivity index is 1.54. The third-order valence-electron chi connectivity index (χ3n) is 6.07. The van der Waals surface area contributed by atoms with Gasteiger partial charge in [-0.05, 0) is 56.7 Å². The smallest absolute Gasteiger partial charge is 0.420 e. The second-order valence-corrected chi connectivity index (χ2v) is 10.0. The number of allylic oxidation sites excluding steroid dienone is 2. The van der Waals surface area contributed by atoms with Crippen molar-refractivity contribution >= 4 is 29.2 Å². The van der Waals surface area contributed by atoms with E-state index in [2.05, 4.69) is 9.97 Å². The van der Waals surface area contributed by atoms with Crippen LogP contribution in [0.2, 0.25) is 0 Å². The summed E-state index contributed by atoms with van der Waals surface area (Å²) in [5.74, 6) is -2.25. The molecule has 0 aliphatic carbocycles. The molecule has 2 aliphatic rings. The normalized spacial score (nSPS) is 18.3. The molecule has 2 fully saturated rings. The number of nitrogens with zero attached hydrogens (tertiary/aromatic N) is 4. The monoisotopic (exact) mass is 550 g/mol. The van der Waals surface area contributed by atoms with Crippen molar-refractivity contribution in [1.82, 2.24) is 24.7 Å². The van der Waals surface area contributed by atoms with Crippen LogP contribution in [0.1, 0.15) is 42.6 Å². The van der Waals surface area contributed by atoms with Crippen molar-refractivity contribution in [2.75, 3.05) is 26.2 Å². The van der Waals surface area contributed by atoms with Crippen molar-refractivity contribution in [2.24, 2.45) is 0 Å². The van der Waals surface area contributed by atoms with Gasteiger partial charge in [0.1, 0.15) is 41.2 Å². The van der Waals surface area contributed by atoms with E-state index >= 15 is 0 Å². The molecule has 3 amide bonds. The average molecular weight is 551 g/mol. The number of carbonyl (C=O) groups excluding carboxylic acids is 3. The predicted molar refractivity (Wildman–Crippen MR) is 130 cm³/mol. The SMILES string of the molecule is CC(C)(C)OC(=O)N1CC(=O)N2CCN(C(=O)c3cnc(/C(=C\C(=N)c4ccc(F)cc4)C(F)(F)F)[nH]3)CC21. The first-order chi connectivity index (χ1) is 18.1. The first-order valence-corrected chi connectivity index (χ1v) is 11.9. The van der Waals surface area contributed by atoms with E-state index in [1.807, 2.05) is 0 Å². The summed E-state index contributed by atoms with van der Waals surface area (Å²) in [7, 11) is 0. The van der Waals surface area contributed by atoms with Gasteiger partial charge in [0.15, 0.2) is 0 Å². The summed E-state index contributed by atoms with van der Waals surface area (Å²) >= 11 is 0. The van der Waals surface area contributed by atoms with Gasteiger partial charge in [-0.3, -0.25) is 14.5 Å². The van der Waals surface area contributed by atoms with E-state index in [1.165, 1.54) is 26.8 Å². The third kappa shape index (κ3) is 6.10. The number of aromatic nitrogens is 2. The molecule has 2 aromatic rings. The number of hydrogen-bond acceptors (Lipinski definition) is 6. The van der Waals surface area contributed by atoms with Crippen LogP contribution < -0.4 is 0 Å². The van der Waals surface area contributed by atoms with Crippen LogP contribution >= 0.6 is 0 Å². The van der Waals surface area contributed by atoms with Crippen LogP contribution in [-0.4, -0.2) is 92.4 Å². The predicted octanol–water partition coefficient (Wildman–Crippen LogP) is 3.42. The topological polar surface area (TPSA) is 123 Å². The molecule has 1 aromatic heterocycles. The number of alkyl halides is 3. The van der Waals surface area contributed by atoms with Gasteiger partial charge in [-0.1, -0.05) is 0 Å². The quantitative estimate of drug-likeness (QED) is 0.446. The maximum Gasteiger partial charge on any atom is 0.420 e. The van der Waals surface area contributed by atoms with Gasteiger partial charge in [-0.25, -0.2) is 14.2 Å². The number of fused-ring (bicyclic) bond motifs is 1. The summed E-state index contributed by atoms with van der Waals surface area (Å²) in [4.78, 5) is 48.3. The Morgan fingerprint density at radius 2 is 1.82 bits per heavy atom. The Bertz CT molecular complexity index is 1330. The average Bonchev–Trinajstić information content (AvgIpc) is 3.45. The van der Waals surface area contributed by atoms with Crippen molar-refractivity contribution in [3.05, 3.63) is 59.4 Å². The number of nitrogens with one attached hydrogen (secondary N) is 2. The van der Waals surface area contributed by atoms with E-state index in [0.717, 1.165) is 18.3 Å². The lowest BCUT2D eigenvalue weighted by Crippen LogP contribution is -2.58. The summed E-state index contributed by atoms with van der Waals surface area (Å²) in [6, 6.07) is 4.40. The van der Waals surface area contributed by atoms with Crippen molar-refractivity contribution in [1.29, 1.82) is 5.41 Å². The Kier molecular flexibility index (Phi) is 7.23. The highest BCUT2D eigenvalue weighted by Gasteiger charge is 2.46. The van der Waals surface area contributed by atoms with Gasteiger partial charge >= 0.3 is 12.3 Å². The minimum absolute atomic E-state index is 0.0551. The number of halogens is 4. The molecule has 1 atom stereocenters. The van der Waals surface area contributed by atoms with E-state index in [9.17, 15) is 31.9 Å². The van der Waals surface area contributed by atoms with E-state index in [0.29, 0.717) is 6.08 Å². The van der Waals surface area contributed by atoms with E-state index < -0.39 is 52.9 Å². The molecule has 208 valence electrons. The van der Waals surface area contributed by atoms with Crippen LogP contribution in [0.25, 0.3) is 5.57 Å². The second kappa shape index (κ2) is 10.2. The number of aromatic amines is 1. The van der Waals surface area contributed by atoms with Crippen molar-refractivity contribution in [2.45, 2.75) is 38.7 Å². The molecule has 39 heavy (non-hydrogen) atoms. The molecule has 2 aliphatic heterocycles. The number of piperazine rings is 1. The minimum Gasteiger partial charge on any atom is -0.444 e. The molecule has 0 radical (unpaired) electrons. The van der Waals surface area contributed by atoms with Gasteiger partial charge in [0.2, 0.25) is 5.91 Å². The van der Waals surface area contributed by atoms with Crippen LogP contribution in [0.3, 0.4) is 0 Å². The van der Waals surface area contributed by atoms with Gasteiger partial charge in [0.25, 0.3) is 5.91 Å². The van der Waals surface area contributed by atoms with Gasteiger partial charge in [-0.15, -0.1) is 0 Å². The van der Waals surface area contributed by atoms with Crippen molar-refractivity contribution in [3.8, 4) is 0 Å². The molecule has 2 saturated heterocycles. The highest BCUT2D eigenvalue weighted by molar-refractivity contribution is 6.10. The van der Waals surface area contributed by atoms with Crippen molar-refractivity contribution < 1.29 is 36.7 Å². The molecular weight excluding hydrogens is 524 g/mol. The largest absolute Gasteiger partial charge is 0.444 e. The fourth-order valence-electron chi connectivity index (χ4n) is 4.23. The molecule has 2 N–H and O–H groups in total. The maximum atomic E-state index is 13.9. The standard InChI is InChI=1S/C25H26F4N6O4/c1-24(2,3)39-23(38)35-13-20(36)34-9-8-33(12-19(34)35)22(37)18-11-31-21(32-18)16(25(27,28)29)10-17(30)14-4-6-15(26)7-5-14/h4-7,10-11,19,30H,8-9,12-13H2,1-3H3,(H,31,32)/b16-10+,30-17?. The van der Waals surface area contributed by atoms with Gasteiger partial charge in [0, 0.05) is 13.1 Å². The summed E-state index contributed by atoms with van der Waals surface area (Å²) in [6.07, 6.45) is -4.92. The fraction of sp³-hybridized carbons (Fsp3) is 0.400. The Morgan fingerprint density at radius 3 is 2.44 bits per heavy atom. The summed E-state index contributed by atoms with van der Waals surface area (Å²) in [6.45, 7) is 4.96. The lowest BCUT2D eigenvalue weighted by atomic mass is 10.1. The summed E-state index contributed by atoms with van der Waals surface area (Å²) in [5.41, 5.74) is -2.82. The molecule has 14 heteroatoms. The van der Waals surface area contributed by atoms with Crippen LogP contribution in [-0.2, 0) is 9.53 Å². The molecule has 1 unspecified atom stereocenters. The van der Waals surface area contributed by atoms with E-state index in [1.54, 1.807) is 20.8 Å². The highest BCUT2D eigenvalue weighted by Crippen LogP contribution is 2.33. The minimum atomic E-state index is -4.92. The van der Waals surface area contributed by atoms with Crippen LogP contribution in [0.5, 0.6) is 0 Å². The molecule has 4 rings (SSSR count).